The number of hydrazone groups is 1. The van der Waals surface area contributed by atoms with Crippen molar-refractivity contribution in [2.75, 3.05) is 6.61 Å². The Morgan fingerprint density at radius 1 is 1.17 bits per heavy atom. The Morgan fingerprint density at radius 2 is 1.93 bits per heavy atom. The monoisotopic (exact) mass is 410 g/mol. The maximum absolute atomic E-state index is 11.9. The Kier molecular flexibility index (Phi) is 7.09. The van der Waals surface area contributed by atoms with Gasteiger partial charge in [-0.05, 0) is 54.3 Å². The third-order valence-corrected chi connectivity index (χ3v) is 4.91. The van der Waals surface area contributed by atoms with Gasteiger partial charge in [-0.15, -0.1) is 0 Å². The molecule has 1 amide bonds. The summed E-state index contributed by atoms with van der Waals surface area (Å²) >= 11 is 6.17. The van der Waals surface area contributed by atoms with Gasteiger partial charge in [0.2, 0.25) is 0 Å². The number of amides is 1. The van der Waals surface area contributed by atoms with E-state index in [1.807, 2.05) is 42.5 Å². The van der Waals surface area contributed by atoms with Crippen LogP contribution in [0.25, 0.3) is 11.3 Å². The maximum Gasteiger partial charge on any atom is 0.277 e. The Morgan fingerprint density at radius 3 is 2.66 bits per heavy atom. The molecule has 29 heavy (non-hydrogen) atoms. The van der Waals surface area contributed by atoms with Crippen molar-refractivity contribution in [1.82, 2.24) is 5.43 Å². The van der Waals surface area contributed by atoms with Gasteiger partial charge in [0.25, 0.3) is 5.91 Å². The lowest BCUT2D eigenvalue weighted by Gasteiger charge is -2.10. The van der Waals surface area contributed by atoms with E-state index in [4.69, 9.17) is 20.8 Å². The van der Waals surface area contributed by atoms with E-state index in [1.165, 1.54) is 11.8 Å². The summed E-state index contributed by atoms with van der Waals surface area (Å²) in [6.07, 6.45) is 2.51. The van der Waals surface area contributed by atoms with Gasteiger partial charge in [0, 0.05) is 5.56 Å². The van der Waals surface area contributed by atoms with Gasteiger partial charge in [-0.25, -0.2) is 5.43 Å². The maximum atomic E-state index is 11.9. The van der Waals surface area contributed by atoms with E-state index in [0.29, 0.717) is 28.2 Å². The number of carbonyl (C=O) groups is 1. The first-order valence-electron chi connectivity index (χ1n) is 9.46. The fraction of sp³-hybridized carbons (Fsp3) is 0.217. The number of hydrogen-bond donors (Lipinski definition) is 1. The summed E-state index contributed by atoms with van der Waals surface area (Å²) in [5.74, 6) is 1.92. The van der Waals surface area contributed by atoms with Crippen LogP contribution in [0.3, 0.4) is 0 Å². The van der Waals surface area contributed by atoms with Gasteiger partial charge in [-0.2, -0.15) is 5.10 Å². The predicted octanol–water partition coefficient (Wildman–Crippen LogP) is 5.64. The average molecular weight is 411 g/mol. The van der Waals surface area contributed by atoms with Crippen molar-refractivity contribution < 1.29 is 13.9 Å². The lowest BCUT2D eigenvalue weighted by molar-refractivity contribution is -0.123. The van der Waals surface area contributed by atoms with E-state index in [1.54, 1.807) is 18.2 Å². The van der Waals surface area contributed by atoms with Crippen LogP contribution in [0.4, 0.5) is 0 Å². The molecule has 5 nitrogen and oxygen atoms in total. The van der Waals surface area contributed by atoms with Crippen molar-refractivity contribution in [3.8, 4) is 17.1 Å². The number of rotatable bonds is 8. The molecule has 3 aromatic rings. The highest BCUT2D eigenvalue weighted by atomic mass is 35.5. The molecule has 0 spiro atoms. The summed E-state index contributed by atoms with van der Waals surface area (Å²) in [6, 6.07) is 18.8. The van der Waals surface area contributed by atoms with Crippen LogP contribution < -0.4 is 10.2 Å². The average Bonchev–Trinajstić information content (AvgIpc) is 3.21. The summed E-state index contributed by atoms with van der Waals surface area (Å²) in [5, 5.41) is 4.50. The minimum atomic E-state index is -0.356. The molecule has 0 saturated heterocycles. The van der Waals surface area contributed by atoms with Crippen molar-refractivity contribution in [3.05, 3.63) is 77.0 Å². The van der Waals surface area contributed by atoms with E-state index in [2.05, 4.69) is 24.4 Å². The van der Waals surface area contributed by atoms with Gasteiger partial charge >= 0.3 is 0 Å². The molecule has 6 heteroatoms. The number of furan rings is 1. The lowest BCUT2D eigenvalue weighted by atomic mass is 9.99. The predicted molar refractivity (Wildman–Crippen MR) is 116 cm³/mol. The molecule has 0 saturated carbocycles. The zero-order valence-corrected chi connectivity index (χ0v) is 17.1. The molecule has 1 N–H and O–H groups in total. The van der Waals surface area contributed by atoms with Crippen molar-refractivity contribution >= 4 is 23.7 Å². The first kappa shape index (κ1) is 20.7. The Bertz CT molecular complexity index is 980. The first-order valence-corrected chi connectivity index (χ1v) is 9.84. The molecule has 3 rings (SSSR count). The summed E-state index contributed by atoms with van der Waals surface area (Å²) < 4.78 is 11.2. The zero-order chi connectivity index (χ0) is 20.6. The van der Waals surface area contributed by atoms with Crippen LogP contribution in [-0.4, -0.2) is 18.7 Å². The molecule has 0 bridgehead atoms. The van der Waals surface area contributed by atoms with Crippen LogP contribution in [-0.2, 0) is 4.79 Å². The van der Waals surface area contributed by atoms with Gasteiger partial charge in [-0.3, -0.25) is 4.79 Å². The molecule has 1 atom stereocenters. The quantitative estimate of drug-likeness (QED) is 0.386. The standard InChI is InChI=1S/C23H23ClN2O3/c1-3-16(2)17-8-10-18(11-9-17)28-15-23(27)26-25-14-19-12-13-22(29-19)20-6-4-5-7-21(20)24/h4-14,16H,3,15H2,1-2H3,(H,26,27)/b25-14+/t16-/m1/s1. The SMILES string of the molecule is CC[C@@H](C)c1ccc(OCC(=O)N/N=C/c2ccc(-c3ccccc3Cl)o2)cc1. The molecule has 1 aromatic heterocycles. The molecule has 150 valence electrons. The van der Waals surface area contributed by atoms with Crippen LogP contribution in [0.5, 0.6) is 5.75 Å². The number of nitrogens with zero attached hydrogens (tertiary/aromatic N) is 1. The van der Waals surface area contributed by atoms with Crippen molar-refractivity contribution in [1.29, 1.82) is 0 Å². The molecule has 0 fully saturated rings. The lowest BCUT2D eigenvalue weighted by Crippen LogP contribution is -2.24. The van der Waals surface area contributed by atoms with E-state index >= 15 is 0 Å². The highest BCUT2D eigenvalue weighted by Gasteiger charge is 2.08. The molecule has 0 aliphatic carbocycles. The number of carbonyl (C=O) groups excluding carboxylic acids is 1. The number of nitrogens with one attached hydrogen (secondary N) is 1. The fourth-order valence-corrected chi connectivity index (χ4v) is 2.93. The van der Waals surface area contributed by atoms with Crippen molar-refractivity contribution in [2.45, 2.75) is 26.2 Å². The molecule has 2 aromatic carbocycles. The van der Waals surface area contributed by atoms with E-state index in [0.717, 1.165) is 12.0 Å². The third-order valence-electron chi connectivity index (χ3n) is 4.58. The summed E-state index contributed by atoms with van der Waals surface area (Å²) in [7, 11) is 0. The molecule has 0 aliphatic heterocycles. The van der Waals surface area contributed by atoms with Crippen LogP contribution in [0.15, 0.2) is 70.2 Å². The highest BCUT2D eigenvalue weighted by Crippen LogP contribution is 2.28. The number of hydrogen-bond acceptors (Lipinski definition) is 4. The van der Waals surface area contributed by atoms with Crippen LogP contribution in [0.2, 0.25) is 5.02 Å². The number of ether oxygens (including phenoxy) is 1. The molecule has 0 radical (unpaired) electrons. The highest BCUT2D eigenvalue weighted by molar-refractivity contribution is 6.33. The van der Waals surface area contributed by atoms with Crippen molar-refractivity contribution in [3.63, 3.8) is 0 Å². The topological polar surface area (TPSA) is 63.8 Å². The molecule has 1 heterocycles. The van der Waals surface area contributed by atoms with Crippen LogP contribution >= 0.6 is 11.6 Å². The molecule has 0 unspecified atom stereocenters. The second kappa shape index (κ2) is 9.94. The number of halogens is 1. The second-order valence-corrected chi connectivity index (χ2v) is 7.05. The second-order valence-electron chi connectivity index (χ2n) is 6.64. The number of benzene rings is 2. The van der Waals surface area contributed by atoms with Gasteiger partial charge < -0.3 is 9.15 Å². The molecular weight excluding hydrogens is 388 g/mol. The van der Waals surface area contributed by atoms with Crippen molar-refractivity contribution in [2.24, 2.45) is 5.10 Å². The van der Waals surface area contributed by atoms with E-state index < -0.39 is 0 Å². The van der Waals surface area contributed by atoms with Gasteiger partial charge in [-0.1, -0.05) is 49.7 Å². The summed E-state index contributed by atoms with van der Waals surface area (Å²) in [4.78, 5) is 11.9. The van der Waals surface area contributed by atoms with Gasteiger partial charge in [0.1, 0.15) is 17.3 Å². The normalized spacial score (nSPS) is 12.1. The zero-order valence-electron chi connectivity index (χ0n) is 16.4. The smallest absolute Gasteiger partial charge is 0.277 e. The minimum Gasteiger partial charge on any atom is -0.484 e. The summed E-state index contributed by atoms with van der Waals surface area (Å²) in [6.45, 7) is 4.21. The Balaban J connectivity index is 1.48. The van der Waals surface area contributed by atoms with Gasteiger partial charge in [0.05, 0.1) is 11.2 Å². The first-order chi connectivity index (χ1) is 14.1. The minimum absolute atomic E-state index is 0.122. The fourth-order valence-electron chi connectivity index (χ4n) is 2.71. The third kappa shape index (κ3) is 5.72. The Labute approximate surface area is 175 Å². The van der Waals surface area contributed by atoms with Crippen LogP contribution in [0, 0.1) is 0 Å². The van der Waals surface area contributed by atoms with Crippen LogP contribution in [0.1, 0.15) is 37.5 Å². The largest absolute Gasteiger partial charge is 0.484 e. The molecule has 0 aliphatic rings. The summed E-state index contributed by atoms with van der Waals surface area (Å²) in [5.41, 5.74) is 4.47. The van der Waals surface area contributed by atoms with Gasteiger partial charge in [0.15, 0.2) is 6.61 Å². The van der Waals surface area contributed by atoms with E-state index in [9.17, 15) is 4.79 Å². The molecular formula is C23H23ClN2O3. The Hall–Kier alpha value is -3.05. The van der Waals surface area contributed by atoms with E-state index in [-0.39, 0.29) is 12.5 Å².